The van der Waals surface area contributed by atoms with Gasteiger partial charge in [0.15, 0.2) is 0 Å². The number of nitrogens with one attached hydrogen (secondary N) is 2. The molecule has 0 aromatic carbocycles. The van der Waals surface area contributed by atoms with E-state index < -0.39 is 0 Å². The van der Waals surface area contributed by atoms with E-state index in [9.17, 15) is 9.59 Å². The van der Waals surface area contributed by atoms with Gasteiger partial charge in [0, 0.05) is 12.1 Å². The maximum absolute atomic E-state index is 12.5. The Hall–Kier alpha value is -1.91. The number of pyridine rings is 1. The van der Waals surface area contributed by atoms with E-state index >= 15 is 0 Å². The van der Waals surface area contributed by atoms with Gasteiger partial charge in [0.2, 0.25) is 11.8 Å². The highest BCUT2D eigenvalue weighted by Gasteiger charge is 2.24. The van der Waals surface area contributed by atoms with Crippen molar-refractivity contribution in [3.05, 3.63) is 30.1 Å². The minimum atomic E-state index is -0.194. The van der Waals surface area contributed by atoms with Crippen LogP contribution in [0.1, 0.15) is 135 Å². The standard InChI is InChI=1S/C20H33N3O2.C5H12.C4H10.2C2H6/c1-5-6-9-16(4)12-18(15(2)3)20(25)23-14-19(24)22-13-17-10-7-8-11-21-17;1-4-5(2)3;1-4(2)3;2*1-2/h7-8,10-11,15-16,18H,5-6,9,12-14H2,1-4H3,(H,22,24)(H,23,25);5H,4H2,1-3H3;4H,1-3H3;2*1-2H3/t16-,18?;;;;/m1..../s1. The highest BCUT2D eigenvalue weighted by atomic mass is 16.2. The Morgan fingerprint density at radius 3 is 1.79 bits per heavy atom. The van der Waals surface area contributed by atoms with Gasteiger partial charge in [0.1, 0.15) is 0 Å². The summed E-state index contributed by atoms with van der Waals surface area (Å²) in [5.74, 6) is 2.24. The molecule has 1 unspecified atom stereocenters. The maximum atomic E-state index is 12.5. The van der Waals surface area contributed by atoms with Crippen LogP contribution >= 0.6 is 0 Å². The Balaban J connectivity index is -0.000000372. The van der Waals surface area contributed by atoms with E-state index in [2.05, 4.69) is 84.9 Å². The zero-order chi connectivity index (χ0) is 30.5. The average Bonchev–Trinajstić information content (AvgIpc) is 2.90. The van der Waals surface area contributed by atoms with E-state index in [1.165, 1.54) is 19.3 Å². The van der Waals surface area contributed by atoms with Crippen molar-refractivity contribution >= 4 is 11.8 Å². The predicted molar refractivity (Wildman–Crippen MR) is 169 cm³/mol. The molecule has 0 saturated heterocycles. The number of carbonyl (C=O) groups excluding carboxylic acids is 2. The summed E-state index contributed by atoms with van der Waals surface area (Å²) in [4.78, 5) is 28.5. The average molecular weight is 538 g/mol. The van der Waals surface area contributed by atoms with Crippen molar-refractivity contribution in [2.75, 3.05) is 6.54 Å². The number of carbonyl (C=O) groups is 2. The van der Waals surface area contributed by atoms with Crippen LogP contribution < -0.4 is 10.6 Å². The number of hydrogen-bond donors (Lipinski definition) is 2. The first-order valence-corrected chi connectivity index (χ1v) is 15.4. The first-order valence-electron chi connectivity index (χ1n) is 15.4. The van der Waals surface area contributed by atoms with Crippen LogP contribution in [0.5, 0.6) is 0 Å². The van der Waals surface area contributed by atoms with Crippen LogP contribution in [0.4, 0.5) is 0 Å². The Morgan fingerprint density at radius 2 is 1.39 bits per heavy atom. The van der Waals surface area contributed by atoms with Gasteiger partial charge in [-0.3, -0.25) is 14.6 Å². The topological polar surface area (TPSA) is 71.1 Å². The second-order valence-corrected chi connectivity index (χ2v) is 10.7. The summed E-state index contributed by atoms with van der Waals surface area (Å²) in [6, 6.07) is 5.56. The lowest BCUT2D eigenvalue weighted by atomic mass is 9.84. The molecule has 0 aliphatic carbocycles. The van der Waals surface area contributed by atoms with Crippen LogP contribution in [0.3, 0.4) is 0 Å². The summed E-state index contributed by atoms with van der Waals surface area (Å²) in [7, 11) is 0. The molecule has 0 aliphatic rings. The Labute approximate surface area is 238 Å². The van der Waals surface area contributed by atoms with Gasteiger partial charge in [-0.25, -0.2) is 0 Å². The molecule has 2 atom stereocenters. The lowest BCUT2D eigenvalue weighted by molar-refractivity contribution is -0.130. The van der Waals surface area contributed by atoms with E-state index in [0.717, 1.165) is 30.4 Å². The molecule has 38 heavy (non-hydrogen) atoms. The number of hydrogen-bond acceptors (Lipinski definition) is 3. The van der Waals surface area contributed by atoms with E-state index in [0.29, 0.717) is 12.5 Å². The zero-order valence-corrected chi connectivity index (χ0v) is 27.9. The van der Waals surface area contributed by atoms with Crippen molar-refractivity contribution in [3.63, 3.8) is 0 Å². The summed E-state index contributed by atoms with van der Waals surface area (Å²) in [5, 5.41) is 5.57. The van der Waals surface area contributed by atoms with Crippen molar-refractivity contribution < 1.29 is 9.59 Å². The highest BCUT2D eigenvalue weighted by Crippen LogP contribution is 2.23. The van der Waals surface area contributed by atoms with E-state index in [-0.39, 0.29) is 30.2 Å². The molecule has 5 heteroatoms. The summed E-state index contributed by atoms with van der Waals surface area (Å²) >= 11 is 0. The number of unbranched alkanes of at least 4 members (excludes halogenated alkanes) is 1. The molecule has 226 valence electrons. The summed E-state index contributed by atoms with van der Waals surface area (Å²) in [5.41, 5.74) is 0.798. The number of amides is 2. The van der Waals surface area contributed by atoms with Crippen LogP contribution in [0.15, 0.2) is 24.4 Å². The molecular weight excluding hydrogens is 470 g/mol. The molecule has 0 radical (unpaired) electrons. The van der Waals surface area contributed by atoms with Crippen molar-refractivity contribution in [3.8, 4) is 0 Å². The molecule has 2 N–H and O–H groups in total. The lowest BCUT2D eigenvalue weighted by Crippen LogP contribution is -2.41. The first-order chi connectivity index (χ1) is 17.9. The largest absolute Gasteiger partial charge is 0.349 e. The van der Waals surface area contributed by atoms with Crippen LogP contribution in [0.2, 0.25) is 0 Å². The normalized spacial score (nSPS) is 11.3. The van der Waals surface area contributed by atoms with E-state index in [4.69, 9.17) is 0 Å². The van der Waals surface area contributed by atoms with Crippen molar-refractivity contribution in [1.29, 1.82) is 0 Å². The molecule has 1 aromatic heterocycles. The van der Waals surface area contributed by atoms with Gasteiger partial charge in [-0.2, -0.15) is 0 Å². The molecule has 1 heterocycles. The third-order valence-corrected chi connectivity index (χ3v) is 5.28. The molecule has 1 aromatic rings. The quantitative estimate of drug-likeness (QED) is 0.279. The number of nitrogens with zero attached hydrogens (tertiary/aromatic N) is 1. The van der Waals surface area contributed by atoms with Crippen LogP contribution in [0, 0.1) is 29.6 Å². The molecule has 0 aliphatic heterocycles. The Morgan fingerprint density at radius 1 is 0.868 bits per heavy atom. The van der Waals surface area contributed by atoms with Crippen LogP contribution in [-0.2, 0) is 16.1 Å². The van der Waals surface area contributed by atoms with Crippen molar-refractivity contribution in [1.82, 2.24) is 15.6 Å². The van der Waals surface area contributed by atoms with Gasteiger partial charge in [-0.1, -0.05) is 129 Å². The molecular formula is C33H67N3O2. The first kappa shape index (κ1) is 43.2. The Bertz CT molecular complexity index is 613. The molecule has 0 saturated carbocycles. The minimum Gasteiger partial charge on any atom is -0.349 e. The summed E-state index contributed by atoms with van der Waals surface area (Å²) in [6.07, 6.45) is 7.40. The van der Waals surface area contributed by atoms with Crippen LogP contribution in [0.25, 0.3) is 0 Å². The molecule has 0 fully saturated rings. The molecule has 2 amide bonds. The Kier molecular flexibility index (Phi) is 35.6. The summed E-state index contributed by atoms with van der Waals surface area (Å²) < 4.78 is 0. The second kappa shape index (κ2) is 31.3. The van der Waals surface area contributed by atoms with Gasteiger partial charge in [0.05, 0.1) is 18.8 Å². The van der Waals surface area contributed by atoms with Crippen LogP contribution in [-0.4, -0.2) is 23.3 Å². The molecule has 0 bridgehead atoms. The molecule has 1 rings (SSSR count). The predicted octanol–water partition coefficient (Wildman–Crippen LogP) is 9.07. The smallest absolute Gasteiger partial charge is 0.239 e. The van der Waals surface area contributed by atoms with Gasteiger partial charge in [0.25, 0.3) is 0 Å². The van der Waals surface area contributed by atoms with Gasteiger partial charge in [-0.15, -0.1) is 0 Å². The summed E-state index contributed by atoms with van der Waals surface area (Å²) in [6.45, 7) is 30.1. The maximum Gasteiger partial charge on any atom is 0.239 e. The second-order valence-electron chi connectivity index (χ2n) is 10.7. The van der Waals surface area contributed by atoms with Crippen molar-refractivity contribution in [2.24, 2.45) is 29.6 Å². The van der Waals surface area contributed by atoms with E-state index in [1.54, 1.807) is 6.20 Å². The highest BCUT2D eigenvalue weighted by molar-refractivity contribution is 5.85. The fraction of sp³-hybridized carbons (Fsp3) is 0.788. The number of rotatable bonds is 12. The van der Waals surface area contributed by atoms with Gasteiger partial charge >= 0.3 is 0 Å². The van der Waals surface area contributed by atoms with Gasteiger partial charge in [-0.05, 0) is 42.2 Å². The van der Waals surface area contributed by atoms with E-state index in [1.807, 2.05) is 45.9 Å². The number of aromatic nitrogens is 1. The third kappa shape index (κ3) is 32.1. The van der Waals surface area contributed by atoms with Crippen molar-refractivity contribution in [2.45, 2.75) is 136 Å². The fourth-order valence-corrected chi connectivity index (χ4v) is 2.84. The van der Waals surface area contributed by atoms with Gasteiger partial charge < -0.3 is 10.6 Å². The fourth-order valence-electron chi connectivity index (χ4n) is 2.84. The monoisotopic (exact) mass is 538 g/mol. The third-order valence-electron chi connectivity index (χ3n) is 5.28. The molecule has 5 nitrogen and oxygen atoms in total. The lowest BCUT2D eigenvalue weighted by Gasteiger charge is -2.23. The SMILES string of the molecule is CC.CC.CC(C)C.CCC(C)C.CCCC[C@@H](C)CC(C(=O)NCC(=O)NCc1ccccn1)C(C)C. The minimum absolute atomic E-state index is 0.0121. The zero-order valence-electron chi connectivity index (χ0n) is 27.9. The molecule has 0 spiro atoms.